The summed E-state index contributed by atoms with van der Waals surface area (Å²) in [4.78, 5) is 12.8. The van der Waals surface area contributed by atoms with Crippen LogP contribution in [0.4, 0.5) is 16.2 Å². The Bertz CT molecular complexity index is 692. The van der Waals surface area contributed by atoms with Gasteiger partial charge in [0, 0.05) is 0 Å². The number of nitrogens with zero attached hydrogens (tertiary/aromatic N) is 2. The highest BCUT2D eigenvalue weighted by atomic mass is 16.4. The summed E-state index contributed by atoms with van der Waals surface area (Å²) >= 11 is 0. The van der Waals surface area contributed by atoms with E-state index in [1.165, 1.54) is 11.0 Å². The first-order chi connectivity index (χ1) is 10.0. The molecule has 5 nitrogen and oxygen atoms in total. The molecule has 106 valence electrons. The van der Waals surface area contributed by atoms with Gasteiger partial charge in [-0.05, 0) is 30.7 Å². The van der Waals surface area contributed by atoms with Gasteiger partial charge in [0.2, 0.25) is 0 Å². The zero-order valence-corrected chi connectivity index (χ0v) is 11.5. The van der Waals surface area contributed by atoms with Crippen LogP contribution < -0.4 is 10.6 Å². The molecule has 0 fully saturated rings. The van der Waals surface area contributed by atoms with Crippen molar-refractivity contribution in [3.8, 4) is 6.07 Å². The van der Waals surface area contributed by atoms with Crippen LogP contribution in [0, 0.1) is 11.3 Å². The lowest BCUT2D eigenvalue weighted by Crippen LogP contribution is -2.32. The molecule has 0 aliphatic carbocycles. The summed E-state index contributed by atoms with van der Waals surface area (Å²) in [5.41, 5.74) is 7.74. The molecule has 0 heterocycles. The van der Waals surface area contributed by atoms with Gasteiger partial charge in [0.25, 0.3) is 0 Å². The Morgan fingerprint density at radius 1 is 1.29 bits per heavy atom. The summed E-state index contributed by atoms with van der Waals surface area (Å²) in [6, 6.07) is 15.4. The number of carboxylic acid groups (broad SMARTS) is 1. The van der Waals surface area contributed by atoms with Crippen molar-refractivity contribution in [1.82, 2.24) is 0 Å². The second-order valence-corrected chi connectivity index (χ2v) is 4.62. The summed E-state index contributed by atoms with van der Waals surface area (Å²) in [5, 5.41) is 18.5. The van der Waals surface area contributed by atoms with Crippen molar-refractivity contribution in [2.45, 2.75) is 13.0 Å². The Kier molecular flexibility index (Phi) is 4.10. The molecule has 0 radical (unpaired) electrons. The highest BCUT2D eigenvalue weighted by Crippen LogP contribution is 2.32. The van der Waals surface area contributed by atoms with E-state index < -0.39 is 12.1 Å². The molecular weight excluding hydrogens is 266 g/mol. The van der Waals surface area contributed by atoms with Crippen LogP contribution in [0.25, 0.3) is 0 Å². The van der Waals surface area contributed by atoms with Crippen molar-refractivity contribution < 1.29 is 9.90 Å². The molecule has 0 aromatic heterocycles. The third-order valence-corrected chi connectivity index (χ3v) is 3.29. The first-order valence-corrected chi connectivity index (χ1v) is 6.41. The summed E-state index contributed by atoms with van der Waals surface area (Å²) in [6.07, 6.45) is -1.12. The lowest BCUT2D eigenvalue weighted by Gasteiger charge is -2.28. The number of rotatable bonds is 3. The van der Waals surface area contributed by atoms with E-state index in [9.17, 15) is 9.90 Å². The van der Waals surface area contributed by atoms with Crippen LogP contribution in [0.15, 0.2) is 48.5 Å². The fraction of sp³-hybridized carbons (Fsp3) is 0.125. The normalized spacial score (nSPS) is 11.4. The highest BCUT2D eigenvalue weighted by Gasteiger charge is 2.24. The van der Waals surface area contributed by atoms with E-state index in [4.69, 9.17) is 11.0 Å². The van der Waals surface area contributed by atoms with E-state index in [0.29, 0.717) is 16.9 Å². The van der Waals surface area contributed by atoms with Crippen LogP contribution in [-0.2, 0) is 0 Å². The highest BCUT2D eigenvalue weighted by molar-refractivity contribution is 5.91. The van der Waals surface area contributed by atoms with E-state index in [1.54, 1.807) is 19.1 Å². The molecule has 0 saturated heterocycles. The Morgan fingerprint density at radius 2 is 1.95 bits per heavy atom. The van der Waals surface area contributed by atoms with Gasteiger partial charge in [-0.2, -0.15) is 5.26 Å². The SMILES string of the molecule is C[C@H](c1ccccc1)N(C(=O)O)c1cc(C#N)ccc1N. The Balaban J connectivity index is 2.50. The minimum atomic E-state index is -1.12. The third-order valence-electron chi connectivity index (χ3n) is 3.29. The van der Waals surface area contributed by atoms with Gasteiger partial charge in [-0.1, -0.05) is 30.3 Å². The first-order valence-electron chi connectivity index (χ1n) is 6.41. The summed E-state index contributed by atoms with van der Waals surface area (Å²) in [6.45, 7) is 1.78. The standard InChI is InChI=1S/C16H15N3O2/c1-11(13-5-3-2-4-6-13)19(16(20)21)15-9-12(10-17)7-8-14(15)18/h2-9,11H,18H2,1H3,(H,20,21)/t11-/m1/s1. The smallest absolute Gasteiger partial charge is 0.412 e. The molecule has 1 amide bonds. The predicted octanol–water partition coefficient (Wildman–Crippen LogP) is 3.39. The van der Waals surface area contributed by atoms with Gasteiger partial charge in [0.05, 0.1) is 29.0 Å². The van der Waals surface area contributed by atoms with Crippen molar-refractivity contribution >= 4 is 17.5 Å². The number of nitriles is 1. The molecule has 0 saturated carbocycles. The molecule has 0 spiro atoms. The fourth-order valence-corrected chi connectivity index (χ4v) is 2.18. The lowest BCUT2D eigenvalue weighted by molar-refractivity contribution is 0.199. The van der Waals surface area contributed by atoms with Crippen LogP contribution in [0.3, 0.4) is 0 Å². The van der Waals surface area contributed by atoms with E-state index in [-0.39, 0.29) is 0 Å². The van der Waals surface area contributed by atoms with Gasteiger partial charge < -0.3 is 10.8 Å². The van der Waals surface area contributed by atoms with Crippen molar-refractivity contribution in [3.63, 3.8) is 0 Å². The average molecular weight is 281 g/mol. The van der Waals surface area contributed by atoms with E-state index in [1.807, 2.05) is 36.4 Å². The average Bonchev–Trinajstić information content (AvgIpc) is 2.50. The molecule has 1 atom stereocenters. The number of nitrogens with two attached hydrogens (primary N) is 1. The Morgan fingerprint density at radius 3 is 2.52 bits per heavy atom. The molecule has 5 heteroatoms. The molecule has 3 N–H and O–H groups in total. The monoisotopic (exact) mass is 281 g/mol. The molecular formula is C16H15N3O2. The van der Waals surface area contributed by atoms with Crippen molar-refractivity contribution in [2.24, 2.45) is 0 Å². The summed E-state index contributed by atoms with van der Waals surface area (Å²) in [5.74, 6) is 0. The second kappa shape index (κ2) is 5.97. The van der Waals surface area contributed by atoms with Gasteiger partial charge in [-0.15, -0.1) is 0 Å². The van der Waals surface area contributed by atoms with Crippen LogP contribution in [0.2, 0.25) is 0 Å². The van der Waals surface area contributed by atoms with Crippen LogP contribution >= 0.6 is 0 Å². The maximum absolute atomic E-state index is 11.7. The van der Waals surface area contributed by atoms with Crippen LogP contribution in [0.5, 0.6) is 0 Å². The van der Waals surface area contributed by atoms with Crippen LogP contribution in [-0.4, -0.2) is 11.2 Å². The third kappa shape index (κ3) is 2.95. The van der Waals surface area contributed by atoms with E-state index in [2.05, 4.69) is 0 Å². The fourth-order valence-electron chi connectivity index (χ4n) is 2.18. The maximum Gasteiger partial charge on any atom is 0.412 e. The quantitative estimate of drug-likeness (QED) is 0.844. The topological polar surface area (TPSA) is 90.4 Å². The molecule has 0 unspecified atom stereocenters. The molecule has 0 aliphatic rings. The zero-order valence-electron chi connectivity index (χ0n) is 11.5. The van der Waals surface area contributed by atoms with Crippen molar-refractivity contribution in [3.05, 3.63) is 59.7 Å². The number of amides is 1. The predicted molar refractivity (Wildman–Crippen MR) is 80.9 cm³/mol. The van der Waals surface area contributed by atoms with Gasteiger partial charge in [-0.25, -0.2) is 4.79 Å². The summed E-state index contributed by atoms with van der Waals surface area (Å²) in [7, 11) is 0. The van der Waals surface area contributed by atoms with Gasteiger partial charge in [-0.3, -0.25) is 4.90 Å². The Labute approximate surface area is 122 Å². The lowest BCUT2D eigenvalue weighted by atomic mass is 10.1. The molecule has 0 bridgehead atoms. The molecule has 2 rings (SSSR count). The van der Waals surface area contributed by atoms with Crippen molar-refractivity contribution in [2.75, 3.05) is 10.6 Å². The number of nitrogen functional groups attached to an aromatic ring is 1. The summed E-state index contributed by atoms with van der Waals surface area (Å²) < 4.78 is 0. The van der Waals surface area contributed by atoms with Gasteiger partial charge in [0.15, 0.2) is 0 Å². The molecule has 2 aromatic rings. The molecule has 2 aromatic carbocycles. The number of carbonyl (C=O) groups is 1. The number of hydrogen-bond donors (Lipinski definition) is 2. The number of benzene rings is 2. The van der Waals surface area contributed by atoms with E-state index in [0.717, 1.165) is 5.56 Å². The van der Waals surface area contributed by atoms with Crippen molar-refractivity contribution in [1.29, 1.82) is 5.26 Å². The minimum Gasteiger partial charge on any atom is -0.465 e. The van der Waals surface area contributed by atoms with Gasteiger partial charge >= 0.3 is 6.09 Å². The molecule has 0 aliphatic heterocycles. The zero-order chi connectivity index (χ0) is 15.4. The molecule has 21 heavy (non-hydrogen) atoms. The number of anilines is 2. The largest absolute Gasteiger partial charge is 0.465 e. The van der Waals surface area contributed by atoms with Gasteiger partial charge in [0.1, 0.15) is 0 Å². The van der Waals surface area contributed by atoms with Crippen LogP contribution in [0.1, 0.15) is 24.1 Å². The number of hydrogen-bond acceptors (Lipinski definition) is 3. The Hall–Kier alpha value is -3.00. The maximum atomic E-state index is 11.7. The minimum absolute atomic E-state index is 0.318. The first kappa shape index (κ1) is 14.4. The second-order valence-electron chi connectivity index (χ2n) is 4.62. The van der Waals surface area contributed by atoms with E-state index >= 15 is 0 Å².